The van der Waals surface area contributed by atoms with Crippen molar-refractivity contribution in [2.24, 2.45) is 5.92 Å². The monoisotopic (exact) mass is 298 g/mol. The average molecular weight is 299 g/mol. The molecule has 1 aromatic carbocycles. The van der Waals surface area contributed by atoms with Crippen LogP contribution in [-0.4, -0.2) is 30.1 Å². The second-order valence-corrected chi connectivity index (χ2v) is 6.31. The second kappa shape index (κ2) is 6.88. The van der Waals surface area contributed by atoms with Gasteiger partial charge >= 0.3 is 0 Å². The molecule has 0 aromatic heterocycles. The standard InChI is InChI=1S/C16H24ClFN2/c1-4-11(2)15-8-19-12(3)9-20(15)10-13-6-5-7-14(17)16(13)18/h5-7,11-12,15,19H,4,8-10H2,1-3H3. The topological polar surface area (TPSA) is 15.3 Å². The van der Waals surface area contributed by atoms with Crippen LogP contribution in [0.1, 0.15) is 32.8 Å². The van der Waals surface area contributed by atoms with Crippen molar-refractivity contribution >= 4 is 11.6 Å². The lowest BCUT2D eigenvalue weighted by molar-refractivity contribution is 0.0874. The third-order valence-electron chi connectivity index (χ3n) is 4.36. The van der Waals surface area contributed by atoms with Crippen LogP contribution in [0.2, 0.25) is 5.02 Å². The predicted octanol–water partition coefficient (Wildman–Crippen LogP) is 3.69. The van der Waals surface area contributed by atoms with Crippen LogP contribution in [0, 0.1) is 11.7 Å². The molecular formula is C16H24ClFN2. The maximum absolute atomic E-state index is 14.1. The van der Waals surface area contributed by atoms with Gasteiger partial charge in [-0.3, -0.25) is 4.90 Å². The lowest BCUT2D eigenvalue weighted by atomic mass is 9.94. The molecule has 0 amide bonds. The van der Waals surface area contributed by atoms with Gasteiger partial charge in [0.2, 0.25) is 0 Å². The van der Waals surface area contributed by atoms with Crippen LogP contribution in [0.15, 0.2) is 18.2 Å². The summed E-state index contributed by atoms with van der Waals surface area (Å²) >= 11 is 5.88. The number of benzene rings is 1. The first-order valence-corrected chi connectivity index (χ1v) is 7.81. The van der Waals surface area contributed by atoms with Crippen LogP contribution in [0.25, 0.3) is 0 Å². The number of nitrogens with zero attached hydrogens (tertiary/aromatic N) is 1. The molecule has 1 aliphatic rings. The molecule has 0 aliphatic carbocycles. The van der Waals surface area contributed by atoms with Crippen LogP contribution in [0.4, 0.5) is 4.39 Å². The molecule has 1 aromatic rings. The van der Waals surface area contributed by atoms with E-state index in [2.05, 4.69) is 31.0 Å². The van der Waals surface area contributed by atoms with E-state index in [1.54, 1.807) is 6.07 Å². The Kier molecular flexibility index (Phi) is 5.42. The fourth-order valence-electron chi connectivity index (χ4n) is 2.91. The van der Waals surface area contributed by atoms with Crippen LogP contribution in [0.3, 0.4) is 0 Å². The van der Waals surface area contributed by atoms with Crippen molar-refractivity contribution in [2.75, 3.05) is 13.1 Å². The maximum atomic E-state index is 14.1. The summed E-state index contributed by atoms with van der Waals surface area (Å²) in [4.78, 5) is 2.39. The summed E-state index contributed by atoms with van der Waals surface area (Å²) < 4.78 is 14.1. The summed E-state index contributed by atoms with van der Waals surface area (Å²) in [6.45, 7) is 9.20. The first kappa shape index (κ1) is 15.7. The van der Waals surface area contributed by atoms with Gasteiger partial charge < -0.3 is 5.32 Å². The highest BCUT2D eigenvalue weighted by atomic mass is 35.5. The minimum Gasteiger partial charge on any atom is -0.311 e. The first-order chi connectivity index (χ1) is 9.52. The van der Waals surface area contributed by atoms with Crippen molar-refractivity contribution in [3.05, 3.63) is 34.6 Å². The zero-order valence-corrected chi connectivity index (χ0v) is 13.3. The van der Waals surface area contributed by atoms with Gasteiger partial charge in [-0.2, -0.15) is 0 Å². The lowest BCUT2D eigenvalue weighted by Gasteiger charge is -2.42. The van der Waals surface area contributed by atoms with Gasteiger partial charge in [-0.1, -0.05) is 44.0 Å². The Labute approximate surface area is 126 Å². The zero-order valence-electron chi connectivity index (χ0n) is 12.5. The number of nitrogens with one attached hydrogen (secondary N) is 1. The highest BCUT2D eigenvalue weighted by Crippen LogP contribution is 2.24. The number of halogens is 2. The quantitative estimate of drug-likeness (QED) is 0.912. The molecule has 1 saturated heterocycles. The van der Waals surface area contributed by atoms with Crippen molar-refractivity contribution in [1.82, 2.24) is 10.2 Å². The third kappa shape index (κ3) is 3.51. The average Bonchev–Trinajstić information content (AvgIpc) is 2.43. The molecule has 0 saturated carbocycles. The summed E-state index contributed by atoms with van der Waals surface area (Å²) in [6.07, 6.45) is 1.13. The summed E-state index contributed by atoms with van der Waals surface area (Å²) in [6, 6.07) is 6.16. The summed E-state index contributed by atoms with van der Waals surface area (Å²) in [5.41, 5.74) is 0.694. The maximum Gasteiger partial charge on any atom is 0.146 e. The van der Waals surface area contributed by atoms with E-state index in [1.807, 2.05) is 12.1 Å². The van der Waals surface area contributed by atoms with Crippen LogP contribution in [-0.2, 0) is 6.54 Å². The summed E-state index contributed by atoms with van der Waals surface area (Å²) in [5, 5.41) is 3.74. The van der Waals surface area contributed by atoms with Gasteiger partial charge in [-0.25, -0.2) is 4.39 Å². The van der Waals surface area contributed by atoms with Crippen molar-refractivity contribution in [3.8, 4) is 0 Å². The smallest absolute Gasteiger partial charge is 0.146 e. The Morgan fingerprint density at radius 1 is 1.50 bits per heavy atom. The Morgan fingerprint density at radius 2 is 2.25 bits per heavy atom. The molecule has 0 spiro atoms. The molecule has 3 unspecified atom stereocenters. The van der Waals surface area contributed by atoms with Crippen LogP contribution < -0.4 is 5.32 Å². The Bertz CT molecular complexity index is 452. The van der Waals surface area contributed by atoms with Gasteiger partial charge in [0.05, 0.1) is 5.02 Å². The van der Waals surface area contributed by atoms with E-state index in [0.717, 1.165) is 19.5 Å². The highest BCUT2D eigenvalue weighted by Gasteiger charge is 2.29. The molecular weight excluding hydrogens is 275 g/mol. The van der Waals surface area contributed by atoms with Crippen LogP contribution >= 0.6 is 11.6 Å². The van der Waals surface area contributed by atoms with Crippen molar-refractivity contribution < 1.29 is 4.39 Å². The van der Waals surface area contributed by atoms with E-state index in [9.17, 15) is 4.39 Å². The first-order valence-electron chi connectivity index (χ1n) is 7.43. The van der Waals surface area contributed by atoms with Crippen molar-refractivity contribution in [3.63, 3.8) is 0 Å². The fraction of sp³-hybridized carbons (Fsp3) is 0.625. The van der Waals surface area contributed by atoms with Gasteiger partial charge in [-0.15, -0.1) is 0 Å². The van der Waals surface area contributed by atoms with Gasteiger partial charge in [0, 0.05) is 37.3 Å². The molecule has 1 aliphatic heterocycles. The Balaban J connectivity index is 2.16. The Morgan fingerprint density at radius 3 is 2.95 bits per heavy atom. The number of hydrogen-bond donors (Lipinski definition) is 1. The molecule has 0 bridgehead atoms. The SMILES string of the molecule is CCC(C)C1CNC(C)CN1Cc1cccc(Cl)c1F. The van der Waals surface area contributed by atoms with E-state index >= 15 is 0 Å². The fourth-order valence-corrected chi connectivity index (χ4v) is 3.10. The molecule has 3 atom stereocenters. The normalized spacial score (nSPS) is 25.6. The van der Waals surface area contributed by atoms with E-state index in [0.29, 0.717) is 30.1 Å². The zero-order chi connectivity index (χ0) is 14.7. The largest absolute Gasteiger partial charge is 0.311 e. The molecule has 1 fully saturated rings. The van der Waals surface area contributed by atoms with E-state index < -0.39 is 0 Å². The minimum absolute atomic E-state index is 0.214. The summed E-state index contributed by atoms with van der Waals surface area (Å²) in [7, 11) is 0. The van der Waals surface area contributed by atoms with Gasteiger partial charge in [0.15, 0.2) is 0 Å². The van der Waals surface area contributed by atoms with Crippen LogP contribution in [0.5, 0.6) is 0 Å². The molecule has 2 nitrogen and oxygen atoms in total. The van der Waals surface area contributed by atoms with E-state index in [-0.39, 0.29) is 10.8 Å². The molecule has 112 valence electrons. The lowest BCUT2D eigenvalue weighted by Crippen LogP contribution is -2.57. The number of rotatable bonds is 4. The molecule has 2 rings (SSSR count). The molecule has 1 heterocycles. The van der Waals surface area contributed by atoms with Crippen molar-refractivity contribution in [1.29, 1.82) is 0 Å². The molecule has 0 radical (unpaired) electrons. The third-order valence-corrected chi connectivity index (χ3v) is 4.65. The van der Waals surface area contributed by atoms with E-state index in [1.165, 1.54) is 0 Å². The molecule has 4 heteroatoms. The highest BCUT2D eigenvalue weighted by molar-refractivity contribution is 6.30. The summed E-state index contributed by atoms with van der Waals surface area (Å²) in [5.74, 6) is 0.320. The number of piperazine rings is 1. The second-order valence-electron chi connectivity index (χ2n) is 5.90. The molecule has 20 heavy (non-hydrogen) atoms. The van der Waals surface area contributed by atoms with E-state index in [4.69, 9.17) is 11.6 Å². The Hall–Kier alpha value is -0.640. The molecule has 1 N–H and O–H groups in total. The van der Waals surface area contributed by atoms with Gasteiger partial charge in [-0.05, 0) is 18.9 Å². The van der Waals surface area contributed by atoms with Crippen molar-refractivity contribution in [2.45, 2.75) is 45.8 Å². The minimum atomic E-state index is -0.275. The van der Waals surface area contributed by atoms with Gasteiger partial charge in [0.25, 0.3) is 0 Å². The predicted molar refractivity (Wildman–Crippen MR) is 82.5 cm³/mol. The van der Waals surface area contributed by atoms with Gasteiger partial charge in [0.1, 0.15) is 5.82 Å². The number of hydrogen-bond acceptors (Lipinski definition) is 2.